The standard InChI is InChI=1S/C11H19N5O3S/c1-12-11(17)19-7-8-20(18)10-13-14-15-16(10)9-5-3-2-4-6-9/h9H,2-8H2,1H3,(H,12,17). The largest absolute Gasteiger partial charge is 0.449 e. The Bertz CT molecular complexity index is 472. The van der Waals surface area contributed by atoms with Crippen LogP contribution in [0.5, 0.6) is 0 Å². The second-order valence-corrected chi connectivity index (χ2v) is 6.10. The summed E-state index contributed by atoms with van der Waals surface area (Å²) in [7, 11) is 0.113. The molecule has 1 aromatic heterocycles. The van der Waals surface area contributed by atoms with Crippen LogP contribution in [0.1, 0.15) is 38.1 Å². The first kappa shape index (κ1) is 14.9. The van der Waals surface area contributed by atoms with Gasteiger partial charge in [-0.2, -0.15) is 0 Å². The van der Waals surface area contributed by atoms with Gasteiger partial charge in [0, 0.05) is 7.05 Å². The summed E-state index contributed by atoms with van der Waals surface area (Å²) in [5.74, 6) is 0.195. The summed E-state index contributed by atoms with van der Waals surface area (Å²) in [6.07, 6.45) is 5.03. The number of amides is 1. The van der Waals surface area contributed by atoms with Crippen molar-refractivity contribution in [1.82, 2.24) is 25.5 Å². The van der Waals surface area contributed by atoms with Crippen LogP contribution in [0, 0.1) is 0 Å². The van der Waals surface area contributed by atoms with Gasteiger partial charge in [0.05, 0.1) is 22.6 Å². The van der Waals surface area contributed by atoms with Gasteiger partial charge in [0.2, 0.25) is 5.16 Å². The van der Waals surface area contributed by atoms with Crippen molar-refractivity contribution in [3.63, 3.8) is 0 Å². The summed E-state index contributed by atoms with van der Waals surface area (Å²) in [6.45, 7) is 0.0732. The fourth-order valence-corrected chi connectivity index (χ4v) is 3.20. The van der Waals surface area contributed by atoms with E-state index in [-0.39, 0.29) is 18.4 Å². The van der Waals surface area contributed by atoms with Crippen molar-refractivity contribution in [1.29, 1.82) is 0 Å². The Morgan fingerprint density at radius 3 is 2.90 bits per heavy atom. The summed E-state index contributed by atoms with van der Waals surface area (Å²) in [5, 5.41) is 14.1. The Morgan fingerprint density at radius 1 is 1.45 bits per heavy atom. The number of alkyl carbamates (subject to hydrolysis) is 1. The molecule has 1 aliphatic carbocycles. The van der Waals surface area contributed by atoms with Crippen LogP contribution in [0.15, 0.2) is 5.16 Å². The molecule has 1 amide bonds. The minimum absolute atomic E-state index is 0.0732. The molecule has 1 heterocycles. The average molecular weight is 301 g/mol. The van der Waals surface area contributed by atoms with Gasteiger partial charge in [0.25, 0.3) is 0 Å². The summed E-state index contributed by atoms with van der Waals surface area (Å²) in [5.41, 5.74) is 0. The predicted octanol–water partition coefficient (Wildman–Crippen LogP) is 0.642. The molecule has 20 heavy (non-hydrogen) atoms. The molecular weight excluding hydrogens is 282 g/mol. The van der Waals surface area contributed by atoms with Crippen LogP contribution in [0.25, 0.3) is 0 Å². The van der Waals surface area contributed by atoms with Gasteiger partial charge in [-0.05, 0) is 23.3 Å². The number of hydrogen-bond donors (Lipinski definition) is 1. The molecular formula is C11H19N5O3S. The van der Waals surface area contributed by atoms with Crippen molar-refractivity contribution in [3.05, 3.63) is 0 Å². The van der Waals surface area contributed by atoms with Crippen molar-refractivity contribution in [3.8, 4) is 0 Å². The first-order valence-corrected chi connectivity index (χ1v) is 8.05. The second kappa shape index (κ2) is 7.32. The monoisotopic (exact) mass is 301 g/mol. The van der Waals surface area contributed by atoms with Crippen molar-refractivity contribution in [2.75, 3.05) is 19.4 Å². The molecule has 9 heteroatoms. The Hall–Kier alpha value is -1.51. The Labute approximate surface area is 119 Å². The van der Waals surface area contributed by atoms with E-state index in [4.69, 9.17) is 4.74 Å². The van der Waals surface area contributed by atoms with Gasteiger partial charge in [-0.3, -0.25) is 4.21 Å². The molecule has 8 nitrogen and oxygen atoms in total. The second-order valence-electron chi connectivity index (χ2n) is 4.63. The molecule has 1 unspecified atom stereocenters. The van der Waals surface area contributed by atoms with E-state index in [1.807, 2.05) is 0 Å². The maximum absolute atomic E-state index is 12.2. The number of tetrazole rings is 1. The molecule has 1 aromatic rings. The summed E-state index contributed by atoms with van der Waals surface area (Å²) < 4.78 is 18.7. The fraction of sp³-hybridized carbons (Fsp3) is 0.818. The van der Waals surface area contributed by atoms with E-state index >= 15 is 0 Å². The van der Waals surface area contributed by atoms with Crippen LogP contribution in [-0.4, -0.2) is 49.9 Å². The predicted molar refractivity (Wildman–Crippen MR) is 71.6 cm³/mol. The van der Waals surface area contributed by atoms with Crippen molar-refractivity contribution >= 4 is 16.9 Å². The zero-order valence-electron chi connectivity index (χ0n) is 11.4. The van der Waals surface area contributed by atoms with Gasteiger partial charge in [0.15, 0.2) is 0 Å². The number of ether oxygens (including phenoxy) is 1. The van der Waals surface area contributed by atoms with Gasteiger partial charge < -0.3 is 10.1 Å². The van der Waals surface area contributed by atoms with E-state index in [0.29, 0.717) is 5.16 Å². The molecule has 0 saturated heterocycles. The minimum Gasteiger partial charge on any atom is -0.449 e. The lowest BCUT2D eigenvalue weighted by Crippen LogP contribution is -2.23. The molecule has 1 saturated carbocycles. The van der Waals surface area contributed by atoms with Crippen molar-refractivity contribution < 1.29 is 13.7 Å². The third-order valence-electron chi connectivity index (χ3n) is 3.29. The highest BCUT2D eigenvalue weighted by Gasteiger charge is 2.23. The van der Waals surface area contributed by atoms with Crippen LogP contribution in [-0.2, 0) is 15.5 Å². The lowest BCUT2D eigenvalue weighted by atomic mass is 9.96. The smallest absolute Gasteiger partial charge is 0.406 e. The van der Waals surface area contributed by atoms with Gasteiger partial charge >= 0.3 is 6.09 Å². The number of nitrogens with one attached hydrogen (secondary N) is 1. The quantitative estimate of drug-likeness (QED) is 0.857. The third-order valence-corrected chi connectivity index (χ3v) is 4.51. The molecule has 112 valence electrons. The molecule has 0 aliphatic heterocycles. The van der Waals surface area contributed by atoms with E-state index in [0.717, 1.165) is 25.7 Å². The average Bonchev–Trinajstić information content (AvgIpc) is 2.97. The van der Waals surface area contributed by atoms with Crippen LogP contribution in [0.4, 0.5) is 4.79 Å². The van der Waals surface area contributed by atoms with E-state index < -0.39 is 16.9 Å². The van der Waals surface area contributed by atoms with Gasteiger partial charge in [0.1, 0.15) is 6.61 Å². The van der Waals surface area contributed by atoms with Gasteiger partial charge in [-0.15, -0.1) is 0 Å². The molecule has 0 spiro atoms. The lowest BCUT2D eigenvalue weighted by Gasteiger charge is -2.21. The topological polar surface area (TPSA) is 99.0 Å². The number of carbonyl (C=O) groups excluding carboxylic acids is 1. The van der Waals surface area contributed by atoms with Crippen LogP contribution < -0.4 is 5.32 Å². The van der Waals surface area contributed by atoms with Crippen molar-refractivity contribution in [2.24, 2.45) is 0 Å². The van der Waals surface area contributed by atoms with Crippen LogP contribution in [0.3, 0.4) is 0 Å². The minimum atomic E-state index is -1.36. The molecule has 0 radical (unpaired) electrons. The van der Waals surface area contributed by atoms with E-state index in [1.165, 1.54) is 13.5 Å². The number of rotatable bonds is 5. The van der Waals surface area contributed by atoms with Crippen LogP contribution >= 0.6 is 0 Å². The zero-order valence-corrected chi connectivity index (χ0v) is 12.3. The van der Waals surface area contributed by atoms with E-state index in [1.54, 1.807) is 4.68 Å². The van der Waals surface area contributed by atoms with Gasteiger partial charge in [-0.1, -0.05) is 24.4 Å². The van der Waals surface area contributed by atoms with E-state index in [9.17, 15) is 9.00 Å². The summed E-state index contributed by atoms with van der Waals surface area (Å²) in [4.78, 5) is 10.9. The molecule has 1 atom stereocenters. The normalized spacial score (nSPS) is 17.6. The summed E-state index contributed by atoms with van der Waals surface area (Å²) in [6, 6.07) is 0.234. The Morgan fingerprint density at radius 2 is 2.20 bits per heavy atom. The molecule has 1 N–H and O–H groups in total. The van der Waals surface area contributed by atoms with Crippen LogP contribution in [0.2, 0.25) is 0 Å². The van der Waals surface area contributed by atoms with E-state index in [2.05, 4.69) is 20.8 Å². The molecule has 0 bridgehead atoms. The SMILES string of the molecule is CNC(=O)OCCS(=O)c1nnnn1C1CCCCC1. The van der Waals surface area contributed by atoms with Crippen molar-refractivity contribution in [2.45, 2.75) is 43.3 Å². The fourth-order valence-electron chi connectivity index (χ4n) is 2.26. The highest BCUT2D eigenvalue weighted by molar-refractivity contribution is 7.84. The third kappa shape index (κ3) is 3.75. The molecule has 0 aromatic carbocycles. The number of carbonyl (C=O) groups is 1. The number of aromatic nitrogens is 4. The first-order chi connectivity index (χ1) is 9.72. The molecule has 2 rings (SSSR count). The lowest BCUT2D eigenvalue weighted by molar-refractivity contribution is 0.155. The maximum atomic E-state index is 12.2. The highest BCUT2D eigenvalue weighted by atomic mass is 32.2. The Balaban J connectivity index is 1.93. The number of nitrogens with zero attached hydrogens (tertiary/aromatic N) is 4. The maximum Gasteiger partial charge on any atom is 0.406 e. The zero-order chi connectivity index (χ0) is 14.4. The highest BCUT2D eigenvalue weighted by Crippen LogP contribution is 2.28. The molecule has 1 aliphatic rings. The number of hydrogen-bond acceptors (Lipinski definition) is 6. The summed E-state index contributed by atoms with van der Waals surface area (Å²) >= 11 is 0. The Kier molecular flexibility index (Phi) is 5.45. The van der Waals surface area contributed by atoms with Gasteiger partial charge in [-0.25, -0.2) is 9.48 Å². The first-order valence-electron chi connectivity index (χ1n) is 6.73. The molecule has 1 fully saturated rings.